The number of para-hydroxylation sites is 1. The Labute approximate surface area is 129 Å². The van der Waals surface area contributed by atoms with Crippen LogP contribution in [0.5, 0.6) is 0 Å². The monoisotopic (exact) mass is 295 g/mol. The molecule has 0 fully saturated rings. The van der Waals surface area contributed by atoms with Crippen LogP contribution in [0.3, 0.4) is 0 Å². The smallest absolute Gasteiger partial charge is 0.306 e. The number of nitrogens with zero attached hydrogens (tertiary/aromatic N) is 1. The maximum absolute atomic E-state index is 12.9. The first-order chi connectivity index (χ1) is 10.6. The van der Waals surface area contributed by atoms with Crippen molar-refractivity contribution in [1.82, 2.24) is 0 Å². The Morgan fingerprint density at radius 1 is 1.09 bits per heavy atom. The van der Waals surface area contributed by atoms with Gasteiger partial charge in [0.1, 0.15) is 0 Å². The average molecular weight is 295 g/mol. The molecule has 1 heterocycles. The molecule has 0 radical (unpaired) electrons. The van der Waals surface area contributed by atoms with Crippen molar-refractivity contribution in [3.63, 3.8) is 0 Å². The first kappa shape index (κ1) is 14.3. The van der Waals surface area contributed by atoms with E-state index in [-0.39, 0.29) is 12.3 Å². The predicted octanol–water partition coefficient (Wildman–Crippen LogP) is 3.43. The van der Waals surface area contributed by atoms with Gasteiger partial charge in [-0.05, 0) is 30.2 Å². The zero-order valence-corrected chi connectivity index (χ0v) is 12.3. The SMILES string of the molecule is CCC1(CC(=O)O)c2ccccc2C(=O)N1c1ccccc1. The fourth-order valence-electron chi connectivity index (χ4n) is 3.35. The first-order valence-corrected chi connectivity index (χ1v) is 7.31. The van der Waals surface area contributed by atoms with Crippen LogP contribution in [-0.2, 0) is 10.3 Å². The van der Waals surface area contributed by atoms with E-state index in [0.29, 0.717) is 12.0 Å². The molecule has 2 aromatic rings. The van der Waals surface area contributed by atoms with Crippen LogP contribution in [0, 0.1) is 0 Å². The topological polar surface area (TPSA) is 57.6 Å². The molecule has 22 heavy (non-hydrogen) atoms. The summed E-state index contributed by atoms with van der Waals surface area (Å²) >= 11 is 0. The van der Waals surface area contributed by atoms with Crippen molar-refractivity contribution < 1.29 is 14.7 Å². The van der Waals surface area contributed by atoms with Crippen LogP contribution in [0.15, 0.2) is 54.6 Å². The van der Waals surface area contributed by atoms with Crippen molar-refractivity contribution in [3.8, 4) is 0 Å². The van der Waals surface area contributed by atoms with Crippen molar-refractivity contribution in [2.24, 2.45) is 0 Å². The molecular weight excluding hydrogens is 278 g/mol. The molecule has 112 valence electrons. The number of hydrogen-bond acceptors (Lipinski definition) is 2. The minimum Gasteiger partial charge on any atom is -0.481 e. The van der Waals surface area contributed by atoms with Crippen LogP contribution in [0.25, 0.3) is 0 Å². The van der Waals surface area contributed by atoms with Gasteiger partial charge in [-0.1, -0.05) is 43.3 Å². The highest BCUT2D eigenvalue weighted by molar-refractivity contribution is 6.12. The highest BCUT2D eigenvalue weighted by atomic mass is 16.4. The third-order valence-corrected chi connectivity index (χ3v) is 4.33. The summed E-state index contributed by atoms with van der Waals surface area (Å²) < 4.78 is 0. The lowest BCUT2D eigenvalue weighted by atomic mass is 9.83. The molecule has 1 atom stereocenters. The number of hydrogen-bond donors (Lipinski definition) is 1. The van der Waals surface area contributed by atoms with Gasteiger partial charge in [0.05, 0.1) is 12.0 Å². The summed E-state index contributed by atoms with van der Waals surface area (Å²) in [6.45, 7) is 1.92. The number of amides is 1. The van der Waals surface area contributed by atoms with Gasteiger partial charge in [-0.15, -0.1) is 0 Å². The van der Waals surface area contributed by atoms with E-state index in [1.54, 1.807) is 11.0 Å². The third-order valence-electron chi connectivity index (χ3n) is 4.33. The van der Waals surface area contributed by atoms with Crippen molar-refractivity contribution in [1.29, 1.82) is 0 Å². The summed E-state index contributed by atoms with van der Waals surface area (Å²) in [5.74, 6) is -1.04. The van der Waals surface area contributed by atoms with Crippen molar-refractivity contribution in [2.45, 2.75) is 25.3 Å². The Morgan fingerprint density at radius 3 is 2.36 bits per heavy atom. The zero-order valence-electron chi connectivity index (χ0n) is 12.3. The summed E-state index contributed by atoms with van der Waals surface area (Å²) in [4.78, 5) is 26.0. The highest BCUT2D eigenvalue weighted by Crippen LogP contribution is 2.46. The van der Waals surface area contributed by atoms with Crippen LogP contribution in [-0.4, -0.2) is 17.0 Å². The molecule has 1 aliphatic rings. The second-order valence-electron chi connectivity index (χ2n) is 5.48. The lowest BCUT2D eigenvalue weighted by Gasteiger charge is -2.37. The molecule has 2 aromatic carbocycles. The van der Waals surface area contributed by atoms with Crippen LogP contribution < -0.4 is 4.90 Å². The number of carboxylic acid groups (broad SMARTS) is 1. The maximum atomic E-state index is 12.9. The van der Waals surface area contributed by atoms with Crippen LogP contribution >= 0.6 is 0 Å². The van der Waals surface area contributed by atoms with E-state index in [4.69, 9.17) is 0 Å². The maximum Gasteiger partial charge on any atom is 0.306 e. The van der Waals surface area contributed by atoms with E-state index >= 15 is 0 Å². The molecule has 1 amide bonds. The molecule has 0 saturated carbocycles. The fraction of sp³-hybridized carbons (Fsp3) is 0.222. The molecule has 0 aliphatic carbocycles. The zero-order chi connectivity index (χ0) is 15.7. The average Bonchev–Trinajstić information content (AvgIpc) is 2.77. The van der Waals surface area contributed by atoms with Crippen molar-refractivity contribution in [3.05, 3.63) is 65.7 Å². The van der Waals surface area contributed by atoms with E-state index in [9.17, 15) is 14.7 Å². The van der Waals surface area contributed by atoms with Crippen LogP contribution in [0.4, 0.5) is 5.69 Å². The number of carbonyl (C=O) groups excluding carboxylic acids is 1. The first-order valence-electron chi connectivity index (χ1n) is 7.31. The third kappa shape index (κ3) is 1.99. The van der Waals surface area contributed by atoms with Crippen molar-refractivity contribution >= 4 is 17.6 Å². The Hall–Kier alpha value is -2.62. The van der Waals surface area contributed by atoms with Crippen LogP contribution in [0.2, 0.25) is 0 Å². The molecule has 0 aromatic heterocycles. The molecule has 0 spiro atoms. The summed E-state index contributed by atoms with van der Waals surface area (Å²) in [5, 5.41) is 9.41. The Morgan fingerprint density at radius 2 is 1.73 bits per heavy atom. The molecule has 0 bridgehead atoms. The number of benzene rings is 2. The van der Waals surface area contributed by atoms with E-state index < -0.39 is 11.5 Å². The molecule has 4 heteroatoms. The number of carboxylic acids is 1. The molecule has 1 N–H and O–H groups in total. The molecule has 0 saturated heterocycles. The normalized spacial score (nSPS) is 20.0. The second-order valence-corrected chi connectivity index (χ2v) is 5.48. The minimum absolute atomic E-state index is 0.110. The lowest BCUT2D eigenvalue weighted by Crippen LogP contribution is -2.45. The van der Waals surface area contributed by atoms with E-state index in [2.05, 4.69) is 0 Å². The molecule has 1 unspecified atom stereocenters. The number of anilines is 1. The number of carbonyl (C=O) groups is 2. The number of fused-ring (bicyclic) bond motifs is 1. The van der Waals surface area contributed by atoms with Gasteiger partial charge in [0.15, 0.2) is 0 Å². The largest absolute Gasteiger partial charge is 0.481 e. The predicted molar refractivity (Wildman–Crippen MR) is 83.9 cm³/mol. The summed E-state index contributed by atoms with van der Waals surface area (Å²) in [7, 11) is 0. The van der Waals surface area contributed by atoms with E-state index in [1.807, 2.05) is 55.5 Å². The molecule has 1 aliphatic heterocycles. The summed E-state index contributed by atoms with van der Waals surface area (Å²) in [6, 6.07) is 16.6. The van der Waals surface area contributed by atoms with Gasteiger partial charge < -0.3 is 5.11 Å². The van der Waals surface area contributed by atoms with Gasteiger partial charge in [0, 0.05) is 11.3 Å². The van der Waals surface area contributed by atoms with Gasteiger partial charge in [0.25, 0.3) is 5.91 Å². The summed E-state index contributed by atoms with van der Waals surface area (Å²) in [6.07, 6.45) is 0.429. The Kier molecular flexibility index (Phi) is 3.45. The molecular formula is C18H17NO3. The Bertz CT molecular complexity index is 726. The second kappa shape index (κ2) is 5.30. The standard InChI is InChI=1S/C18H17NO3/c1-2-18(12-16(20)21)15-11-7-6-10-14(15)17(22)19(18)13-8-4-3-5-9-13/h3-11H,2,12H2,1H3,(H,20,21). The lowest BCUT2D eigenvalue weighted by molar-refractivity contribution is -0.138. The van der Waals surface area contributed by atoms with E-state index in [0.717, 1.165) is 11.3 Å². The number of aliphatic carboxylic acids is 1. The van der Waals surface area contributed by atoms with Gasteiger partial charge in [0.2, 0.25) is 0 Å². The molecule has 3 rings (SSSR count). The van der Waals surface area contributed by atoms with E-state index in [1.165, 1.54) is 0 Å². The van der Waals surface area contributed by atoms with Crippen LogP contribution in [0.1, 0.15) is 35.7 Å². The summed E-state index contributed by atoms with van der Waals surface area (Å²) in [5.41, 5.74) is 1.29. The highest BCUT2D eigenvalue weighted by Gasteiger charge is 2.50. The van der Waals surface area contributed by atoms with Crippen molar-refractivity contribution in [2.75, 3.05) is 4.90 Å². The van der Waals surface area contributed by atoms with Gasteiger partial charge in [-0.25, -0.2) is 0 Å². The van der Waals surface area contributed by atoms with Gasteiger partial charge in [-0.2, -0.15) is 0 Å². The van der Waals surface area contributed by atoms with Gasteiger partial charge >= 0.3 is 5.97 Å². The quantitative estimate of drug-likeness (QED) is 0.940. The fourth-order valence-corrected chi connectivity index (χ4v) is 3.35. The molecule has 4 nitrogen and oxygen atoms in total. The number of rotatable bonds is 4. The Balaban J connectivity index is 2.24. The minimum atomic E-state index is -0.910. The van der Waals surface area contributed by atoms with Gasteiger partial charge in [-0.3, -0.25) is 14.5 Å².